The molecule has 0 radical (unpaired) electrons. The molecule has 0 aromatic carbocycles. The molecule has 0 fully saturated rings. The van der Waals surface area contributed by atoms with Gasteiger partial charge in [0.15, 0.2) is 17.4 Å². The molecule has 9 nitrogen and oxygen atoms in total. The number of nitrogens with zero attached hydrogens (tertiary/aromatic N) is 7. The van der Waals surface area contributed by atoms with E-state index in [0.717, 1.165) is 4.88 Å². The maximum Gasteiger partial charge on any atom is 0.471 e. The lowest BCUT2D eigenvalue weighted by atomic mass is 10.3. The minimum Gasteiger partial charge on any atom is -0.463 e. The second kappa shape index (κ2) is 8.43. The second-order valence-corrected chi connectivity index (χ2v) is 7.74. The first kappa shape index (κ1) is 20.8. The zero-order valence-corrected chi connectivity index (χ0v) is 17.3. The molecule has 33 heavy (non-hydrogen) atoms. The molecule has 5 aromatic rings. The van der Waals surface area contributed by atoms with Crippen LogP contribution in [0.1, 0.15) is 10.8 Å². The van der Waals surface area contributed by atoms with E-state index in [1.165, 1.54) is 11.3 Å². The van der Waals surface area contributed by atoms with E-state index in [1.54, 1.807) is 66.4 Å². The zero-order valence-electron chi connectivity index (χ0n) is 16.5. The predicted octanol–water partition coefficient (Wildman–Crippen LogP) is 5.00. The molecule has 0 N–H and O–H groups in total. The van der Waals surface area contributed by atoms with E-state index in [1.807, 2.05) is 0 Å². The number of halogens is 3. The van der Waals surface area contributed by atoms with Crippen LogP contribution in [0.4, 0.5) is 24.8 Å². The molecule has 0 aliphatic heterocycles. The van der Waals surface area contributed by atoms with Crippen LogP contribution >= 0.6 is 11.3 Å². The van der Waals surface area contributed by atoms with Gasteiger partial charge in [-0.2, -0.15) is 18.2 Å². The number of anilines is 2. The number of alkyl halides is 3. The van der Waals surface area contributed by atoms with Crippen molar-refractivity contribution in [3.63, 3.8) is 0 Å². The summed E-state index contributed by atoms with van der Waals surface area (Å²) in [6.45, 7) is 0.308. The molecule has 13 heteroatoms. The Bertz CT molecular complexity index is 1340. The van der Waals surface area contributed by atoms with Crippen LogP contribution in [-0.4, -0.2) is 30.1 Å². The highest BCUT2D eigenvalue weighted by Gasteiger charge is 2.38. The van der Waals surface area contributed by atoms with Crippen molar-refractivity contribution in [3.8, 4) is 22.2 Å². The summed E-state index contributed by atoms with van der Waals surface area (Å²) >= 11 is 1.22. The Hall–Kier alpha value is -4.13. The van der Waals surface area contributed by atoms with Crippen LogP contribution in [0.5, 0.6) is 0 Å². The fourth-order valence-corrected chi connectivity index (χ4v) is 3.82. The van der Waals surface area contributed by atoms with Crippen LogP contribution in [0, 0.1) is 0 Å². The third kappa shape index (κ3) is 4.43. The van der Waals surface area contributed by atoms with E-state index in [2.05, 4.69) is 34.6 Å². The Morgan fingerprint density at radius 2 is 1.85 bits per heavy atom. The molecule has 0 spiro atoms. The van der Waals surface area contributed by atoms with Gasteiger partial charge in [-0.1, -0.05) is 5.16 Å². The summed E-state index contributed by atoms with van der Waals surface area (Å²) < 4.78 is 47.9. The number of rotatable bonds is 6. The van der Waals surface area contributed by atoms with Crippen molar-refractivity contribution in [1.82, 2.24) is 30.1 Å². The fourth-order valence-electron chi connectivity index (χ4n) is 2.90. The fraction of sp³-hybridized carbons (Fsp3) is 0.100. The van der Waals surface area contributed by atoms with Gasteiger partial charge in [-0.15, -0.1) is 11.3 Å². The summed E-state index contributed by atoms with van der Waals surface area (Å²) in [5.74, 6) is 0.0835. The molecular weight excluding hydrogens is 459 g/mol. The standard InChI is InChI=1S/C20H12F3N7O2S/c21-20(22,23)19-28-18(29-32-19)15-4-3-12(33-15)11-30(16-9-24-5-6-25-16)17-10-26-13(8-27-17)14-2-1-7-31-14/h1-10H,11H2. The number of hydrogen-bond donors (Lipinski definition) is 0. The lowest BCUT2D eigenvalue weighted by Gasteiger charge is -2.21. The Kier molecular flexibility index (Phi) is 5.30. The van der Waals surface area contributed by atoms with Gasteiger partial charge in [-0.3, -0.25) is 4.98 Å². The maximum atomic E-state index is 12.8. The van der Waals surface area contributed by atoms with Crippen molar-refractivity contribution in [1.29, 1.82) is 0 Å². The molecule has 5 heterocycles. The van der Waals surface area contributed by atoms with Gasteiger partial charge in [0.2, 0.25) is 5.82 Å². The molecule has 5 aromatic heterocycles. The van der Waals surface area contributed by atoms with E-state index >= 15 is 0 Å². The Morgan fingerprint density at radius 3 is 2.52 bits per heavy atom. The predicted molar refractivity (Wildman–Crippen MR) is 110 cm³/mol. The van der Waals surface area contributed by atoms with E-state index in [-0.39, 0.29) is 5.82 Å². The van der Waals surface area contributed by atoms with E-state index < -0.39 is 12.1 Å². The summed E-state index contributed by atoms with van der Waals surface area (Å²) in [5.41, 5.74) is 0.568. The minimum absolute atomic E-state index is 0.132. The molecule has 0 bridgehead atoms. The van der Waals surface area contributed by atoms with E-state index in [4.69, 9.17) is 4.42 Å². The van der Waals surface area contributed by atoms with Crippen molar-refractivity contribution >= 4 is 23.0 Å². The monoisotopic (exact) mass is 471 g/mol. The van der Waals surface area contributed by atoms with E-state index in [9.17, 15) is 13.2 Å². The van der Waals surface area contributed by atoms with Gasteiger partial charge in [0.1, 0.15) is 5.69 Å². The quantitative estimate of drug-likeness (QED) is 0.338. The molecule has 0 aliphatic rings. The van der Waals surface area contributed by atoms with Crippen LogP contribution < -0.4 is 4.90 Å². The average molecular weight is 471 g/mol. The SMILES string of the molecule is FC(F)(F)c1nc(-c2ccc(CN(c3cnccn3)c3cnc(-c4ccco4)cn3)s2)no1. The summed E-state index contributed by atoms with van der Waals surface area (Å²) in [6, 6.07) is 6.93. The summed E-state index contributed by atoms with van der Waals surface area (Å²) in [5, 5.41) is 3.43. The minimum atomic E-state index is -4.70. The first-order chi connectivity index (χ1) is 16.0. The topological polar surface area (TPSA) is 107 Å². The Balaban J connectivity index is 1.42. The lowest BCUT2D eigenvalue weighted by Crippen LogP contribution is -2.18. The largest absolute Gasteiger partial charge is 0.471 e. The van der Waals surface area contributed by atoms with Gasteiger partial charge >= 0.3 is 12.1 Å². The summed E-state index contributed by atoms with van der Waals surface area (Å²) in [4.78, 5) is 23.8. The van der Waals surface area contributed by atoms with E-state index in [0.29, 0.717) is 34.5 Å². The molecule has 0 saturated carbocycles. The molecular formula is C20H12F3N7O2S. The first-order valence-electron chi connectivity index (χ1n) is 9.37. The van der Waals surface area contributed by atoms with Crippen molar-refractivity contribution in [2.24, 2.45) is 0 Å². The summed E-state index contributed by atoms with van der Waals surface area (Å²) in [6.07, 6.45) is 4.67. The molecule has 0 aliphatic carbocycles. The first-order valence-corrected chi connectivity index (χ1v) is 10.2. The Labute approximate surface area is 187 Å². The highest BCUT2D eigenvalue weighted by atomic mass is 32.1. The number of thiophene rings is 1. The van der Waals surface area contributed by atoms with Crippen molar-refractivity contribution in [3.05, 3.63) is 72.3 Å². The van der Waals surface area contributed by atoms with Crippen LogP contribution in [0.2, 0.25) is 0 Å². The molecule has 0 atom stereocenters. The Morgan fingerprint density at radius 1 is 0.970 bits per heavy atom. The van der Waals surface area contributed by atoms with Crippen LogP contribution in [-0.2, 0) is 12.7 Å². The van der Waals surface area contributed by atoms with Gasteiger partial charge in [-0.05, 0) is 24.3 Å². The normalized spacial score (nSPS) is 11.6. The lowest BCUT2D eigenvalue weighted by molar-refractivity contribution is -0.159. The van der Waals surface area contributed by atoms with Crippen molar-refractivity contribution in [2.75, 3.05) is 4.90 Å². The average Bonchev–Trinajstić information content (AvgIpc) is 3.59. The van der Waals surface area contributed by atoms with Crippen molar-refractivity contribution in [2.45, 2.75) is 12.7 Å². The number of hydrogen-bond acceptors (Lipinski definition) is 10. The van der Waals surface area contributed by atoms with Gasteiger partial charge < -0.3 is 13.8 Å². The smallest absolute Gasteiger partial charge is 0.463 e. The highest BCUT2D eigenvalue weighted by Crippen LogP contribution is 2.33. The van der Waals surface area contributed by atoms with Crippen LogP contribution in [0.3, 0.4) is 0 Å². The van der Waals surface area contributed by atoms with Crippen LogP contribution in [0.25, 0.3) is 22.2 Å². The molecule has 166 valence electrons. The third-order valence-corrected chi connectivity index (χ3v) is 5.44. The highest BCUT2D eigenvalue weighted by molar-refractivity contribution is 7.15. The summed E-state index contributed by atoms with van der Waals surface area (Å²) in [7, 11) is 0. The second-order valence-electron chi connectivity index (χ2n) is 6.57. The number of furan rings is 1. The van der Waals surface area contributed by atoms with Gasteiger partial charge in [0.25, 0.3) is 0 Å². The number of aromatic nitrogens is 6. The van der Waals surface area contributed by atoms with Gasteiger partial charge in [-0.25, -0.2) is 15.0 Å². The molecule has 0 saturated heterocycles. The third-order valence-electron chi connectivity index (χ3n) is 4.38. The van der Waals surface area contributed by atoms with Gasteiger partial charge in [0.05, 0.1) is 36.3 Å². The zero-order chi connectivity index (χ0) is 22.8. The molecule has 5 rings (SSSR count). The molecule has 0 unspecified atom stereocenters. The molecule has 0 amide bonds. The van der Waals surface area contributed by atoms with Gasteiger partial charge in [0, 0.05) is 17.3 Å². The maximum absolute atomic E-state index is 12.8. The van der Waals surface area contributed by atoms with Crippen molar-refractivity contribution < 1.29 is 22.1 Å². The van der Waals surface area contributed by atoms with Crippen LogP contribution in [0.15, 0.2) is 70.5 Å².